The predicted octanol–water partition coefficient (Wildman–Crippen LogP) is 3.39. The summed E-state index contributed by atoms with van der Waals surface area (Å²) in [6, 6.07) is 2.92. The summed E-state index contributed by atoms with van der Waals surface area (Å²) in [5.41, 5.74) is 2.88. The molecule has 0 aliphatic heterocycles. The van der Waals surface area contributed by atoms with Crippen LogP contribution in [0, 0.1) is 25.1 Å². The van der Waals surface area contributed by atoms with E-state index in [-0.39, 0.29) is 5.82 Å². The maximum absolute atomic E-state index is 13.0. The maximum atomic E-state index is 13.0. The van der Waals surface area contributed by atoms with Crippen molar-refractivity contribution < 1.29 is 4.39 Å². The predicted molar refractivity (Wildman–Crippen MR) is 57.5 cm³/mol. The highest BCUT2D eigenvalue weighted by atomic mass is 19.1. The van der Waals surface area contributed by atoms with E-state index in [0.29, 0.717) is 5.71 Å². The van der Waals surface area contributed by atoms with Crippen LogP contribution in [0.5, 0.6) is 0 Å². The zero-order valence-electron chi connectivity index (χ0n) is 8.69. The molecule has 2 heteroatoms. The molecule has 14 heavy (non-hydrogen) atoms. The van der Waals surface area contributed by atoms with Crippen LogP contribution in [-0.2, 0) is 0 Å². The summed E-state index contributed by atoms with van der Waals surface area (Å²) in [6.45, 7) is 5.51. The van der Waals surface area contributed by atoms with E-state index in [1.807, 2.05) is 26.8 Å². The van der Waals surface area contributed by atoms with E-state index < -0.39 is 0 Å². The number of benzene rings is 1. The first-order valence-electron chi connectivity index (χ1n) is 4.54. The number of aryl methyl sites for hydroxylation is 2. The smallest absolute Gasteiger partial charge is 0.123 e. The summed E-state index contributed by atoms with van der Waals surface area (Å²) in [4.78, 5) is 0. The first kappa shape index (κ1) is 10.6. The molecule has 1 N–H and O–H groups in total. The maximum Gasteiger partial charge on any atom is 0.123 e. The van der Waals surface area contributed by atoms with Gasteiger partial charge in [-0.2, -0.15) is 0 Å². The van der Waals surface area contributed by atoms with Crippen LogP contribution in [0.4, 0.5) is 4.39 Å². The van der Waals surface area contributed by atoms with Gasteiger partial charge in [-0.1, -0.05) is 6.08 Å². The lowest BCUT2D eigenvalue weighted by molar-refractivity contribution is 0.625. The highest BCUT2D eigenvalue weighted by molar-refractivity contribution is 6.08. The fourth-order valence-corrected chi connectivity index (χ4v) is 1.59. The average Bonchev–Trinajstić information content (AvgIpc) is 2.01. The molecule has 1 rings (SSSR count). The fraction of sp³-hybridized carbons (Fsp3) is 0.250. The van der Waals surface area contributed by atoms with Gasteiger partial charge in [0.25, 0.3) is 0 Å². The van der Waals surface area contributed by atoms with Gasteiger partial charge in [-0.25, -0.2) is 4.39 Å². The number of halogens is 1. The normalized spacial score (nSPS) is 10.9. The molecule has 0 unspecified atom stereocenters. The van der Waals surface area contributed by atoms with Crippen LogP contribution in [0.15, 0.2) is 24.3 Å². The van der Waals surface area contributed by atoms with Crippen molar-refractivity contribution in [3.8, 4) is 0 Å². The standard InChI is InChI=1S/C12H14FN/c1-4-5-11(14)12-8(2)6-10(13)7-9(12)3/h4-7,14H,1-3H3/b5-4-,14-11?. The third kappa shape index (κ3) is 2.08. The average molecular weight is 191 g/mol. The van der Waals surface area contributed by atoms with Crippen LogP contribution in [-0.4, -0.2) is 5.71 Å². The molecular formula is C12H14FN. The molecule has 0 saturated carbocycles. The van der Waals surface area contributed by atoms with E-state index in [9.17, 15) is 4.39 Å². The van der Waals surface area contributed by atoms with Gasteiger partial charge in [0.05, 0.1) is 5.71 Å². The Morgan fingerprint density at radius 1 is 1.29 bits per heavy atom. The van der Waals surface area contributed by atoms with Crippen LogP contribution in [0.1, 0.15) is 23.6 Å². The molecule has 0 atom stereocenters. The highest BCUT2D eigenvalue weighted by Gasteiger charge is 2.07. The van der Waals surface area contributed by atoms with Crippen molar-refractivity contribution in [2.24, 2.45) is 0 Å². The van der Waals surface area contributed by atoms with E-state index in [0.717, 1.165) is 16.7 Å². The summed E-state index contributed by atoms with van der Waals surface area (Å²) in [5, 5.41) is 7.77. The monoisotopic (exact) mass is 191 g/mol. The van der Waals surface area contributed by atoms with Crippen LogP contribution >= 0.6 is 0 Å². The van der Waals surface area contributed by atoms with Gasteiger partial charge in [0.2, 0.25) is 0 Å². The molecule has 0 amide bonds. The second kappa shape index (κ2) is 4.18. The van der Waals surface area contributed by atoms with Crippen molar-refractivity contribution in [2.45, 2.75) is 20.8 Å². The van der Waals surface area contributed by atoms with Crippen molar-refractivity contribution in [2.75, 3.05) is 0 Å². The molecule has 74 valence electrons. The topological polar surface area (TPSA) is 23.9 Å². The van der Waals surface area contributed by atoms with E-state index in [1.165, 1.54) is 12.1 Å². The molecule has 0 radical (unpaired) electrons. The first-order valence-corrected chi connectivity index (χ1v) is 4.54. The van der Waals surface area contributed by atoms with Crippen molar-refractivity contribution >= 4 is 5.71 Å². The molecule has 0 aliphatic carbocycles. The molecule has 0 spiro atoms. The van der Waals surface area contributed by atoms with Crippen LogP contribution in [0.2, 0.25) is 0 Å². The van der Waals surface area contributed by atoms with Crippen molar-refractivity contribution in [3.05, 3.63) is 46.8 Å². The van der Waals surface area contributed by atoms with Gasteiger partial charge < -0.3 is 5.41 Å². The summed E-state index contributed by atoms with van der Waals surface area (Å²) in [5.74, 6) is -0.239. The highest BCUT2D eigenvalue weighted by Crippen LogP contribution is 2.16. The summed E-state index contributed by atoms with van der Waals surface area (Å²) in [6.07, 6.45) is 3.53. The van der Waals surface area contributed by atoms with Gasteiger partial charge in [-0.05, 0) is 50.1 Å². The van der Waals surface area contributed by atoms with E-state index in [4.69, 9.17) is 5.41 Å². The van der Waals surface area contributed by atoms with Gasteiger partial charge in [-0.15, -0.1) is 0 Å². The van der Waals surface area contributed by atoms with E-state index in [1.54, 1.807) is 6.08 Å². The molecule has 1 nitrogen and oxygen atoms in total. The molecular weight excluding hydrogens is 177 g/mol. The van der Waals surface area contributed by atoms with E-state index in [2.05, 4.69) is 0 Å². The van der Waals surface area contributed by atoms with Gasteiger partial charge in [0, 0.05) is 5.56 Å². The number of nitrogens with one attached hydrogen (secondary N) is 1. The Balaban J connectivity index is 3.27. The lowest BCUT2D eigenvalue weighted by Crippen LogP contribution is -2.02. The zero-order chi connectivity index (χ0) is 10.7. The summed E-state index contributed by atoms with van der Waals surface area (Å²) in [7, 11) is 0. The Kier molecular flexibility index (Phi) is 3.18. The number of rotatable bonds is 2. The van der Waals surface area contributed by atoms with Crippen molar-refractivity contribution in [1.82, 2.24) is 0 Å². The van der Waals surface area contributed by atoms with Crippen molar-refractivity contribution in [1.29, 1.82) is 5.41 Å². The van der Waals surface area contributed by atoms with Crippen LogP contribution in [0.25, 0.3) is 0 Å². The Morgan fingerprint density at radius 2 is 1.79 bits per heavy atom. The molecule has 1 aromatic carbocycles. The minimum atomic E-state index is -0.239. The summed E-state index contributed by atoms with van der Waals surface area (Å²) < 4.78 is 13.0. The quantitative estimate of drug-likeness (QED) is 0.693. The van der Waals surface area contributed by atoms with Crippen LogP contribution in [0.3, 0.4) is 0 Å². The number of hydrogen-bond acceptors (Lipinski definition) is 1. The third-order valence-electron chi connectivity index (χ3n) is 2.10. The first-order chi connectivity index (χ1) is 6.56. The Morgan fingerprint density at radius 3 is 2.21 bits per heavy atom. The van der Waals surface area contributed by atoms with Gasteiger partial charge in [0.1, 0.15) is 5.82 Å². The van der Waals surface area contributed by atoms with Gasteiger partial charge >= 0.3 is 0 Å². The van der Waals surface area contributed by atoms with Crippen LogP contribution < -0.4 is 0 Å². The largest absolute Gasteiger partial charge is 0.300 e. The SMILES string of the molecule is C/C=C\C(=N)c1c(C)cc(F)cc1C. The number of hydrogen-bond donors (Lipinski definition) is 1. The molecule has 0 fully saturated rings. The van der Waals surface area contributed by atoms with Gasteiger partial charge in [0.15, 0.2) is 0 Å². The second-order valence-corrected chi connectivity index (χ2v) is 3.33. The minimum Gasteiger partial charge on any atom is -0.300 e. The fourth-order valence-electron chi connectivity index (χ4n) is 1.59. The third-order valence-corrected chi connectivity index (χ3v) is 2.10. The number of allylic oxidation sites excluding steroid dienone is 2. The summed E-state index contributed by atoms with van der Waals surface area (Å²) >= 11 is 0. The van der Waals surface area contributed by atoms with Crippen molar-refractivity contribution in [3.63, 3.8) is 0 Å². The minimum absolute atomic E-state index is 0.239. The lowest BCUT2D eigenvalue weighted by atomic mass is 9.98. The Labute approximate surface area is 83.8 Å². The zero-order valence-corrected chi connectivity index (χ0v) is 8.69. The molecule has 1 aromatic rings. The molecule has 0 saturated heterocycles. The second-order valence-electron chi connectivity index (χ2n) is 3.33. The molecule has 0 heterocycles. The Hall–Kier alpha value is -1.44. The molecule has 0 aromatic heterocycles. The van der Waals surface area contributed by atoms with Gasteiger partial charge in [-0.3, -0.25) is 0 Å². The Bertz CT molecular complexity index is 368. The molecule has 0 aliphatic rings. The lowest BCUT2D eigenvalue weighted by Gasteiger charge is -2.08. The molecule has 0 bridgehead atoms. The van der Waals surface area contributed by atoms with E-state index >= 15 is 0 Å².